The summed E-state index contributed by atoms with van der Waals surface area (Å²) in [5, 5.41) is 11.5. The van der Waals surface area contributed by atoms with Crippen LogP contribution in [0.3, 0.4) is 0 Å². The summed E-state index contributed by atoms with van der Waals surface area (Å²) in [7, 11) is 0. The number of nitrogens with one attached hydrogen (secondary N) is 1. The van der Waals surface area contributed by atoms with Crippen LogP contribution in [0.2, 0.25) is 0 Å². The number of amides is 1. The van der Waals surface area contributed by atoms with Crippen LogP contribution in [0, 0.1) is 6.92 Å². The van der Waals surface area contributed by atoms with Gasteiger partial charge in [-0.2, -0.15) is 0 Å². The fraction of sp³-hybridized carbons (Fsp3) is 0.350. The number of hydrogen-bond donors (Lipinski definition) is 2. The van der Waals surface area contributed by atoms with E-state index in [1.807, 2.05) is 18.2 Å². The Kier molecular flexibility index (Phi) is 7.46. The van der Waals surface area contributed by atoms with Gasteiger partial charge in [0.05, 0.1) is 19.8 Å². The smallest absolute Gasteiger partial charge is 0.221 e. The molecule has 4 heteroatoms. The largest absolute Gasteiger partial charge is 0.394 e. The minimum absolute atomic E-state index is 0.00253. The van der Waals surface area contributed by atoms with E-state index >= 15 is 0 Å². The predicted octanol–water partition coefficient (Wildman–Crippen LogP) is 2.64. The highest BCUT2D eigenvalue weighted by molar-refractivity contribution is 5.77. The number of aliphatic hydroxyl groups excluding tert-OH is 1. The van der Waals surface area contributed by atoms with E-state index in [2.05, 4.69) is 48.6 Å². The van der Waals surface area contributed by atoms with E-state index in [1.54, 1.807) is 0 Å². The lowest BCUT2D eigenvalue weighted by Gasteiger charge is -2.18. The zero-order chi connectivity index (χ0) is 17.2. The van der Waals surface area contributed by atoms with E-state index in [0.29, 0.717) is 26.2 Å². The maximum Gasteiger partial charge on any atom is 0.221 e. The first-order valence-electron chi connectivity index (χ1n) is 8.27. The molecule has 128 valence electrons. The van der Waals surface area contributed by atoms with Crippen LogP contribution in [-0.4, -0.2) is 37.4 Å². The molecule has 0 aliphatic heterocycles. The van der Waals surface area contributed by atoms with Gasteiger partial charge in [-0.3, -0.25) is 4.79 Å². The van der Waals surface area contributed by atoms with Gasteiger partial charge in [-0.15, -0.1) is 0 Å². The molecule has 1 atom stereocenters. The summed E-state index contributed by atoms with van der Waals surface area (Å²) in [5.41, 5.74) is 3.47. The Morgan fingerprint density at radius 1 is 1.04 bits per heavy atom. The van der Waals surface area contributed by atoms with Gasteiger partial charge in [0, 0.05) is 18.9 Å². The molecule has 1 amide bonds. The first kappa shape index (κ1) is 18.2. The van der Waals surface area contributed by atoms with E-state index in [-0.39, 0.29) is 18.4 Å². The van der Waals surface area contributed by atoms with Gasteiger partial charge in [0.2, 0.25) is 5.91 Å². The number of hydrogen-bond acceptors (Lipinski definition) is 3. The third-order valence-corrected chi connectivity index (χ3v) is 3.88. The SMILES string of the molecule is Cc1ccc(C(CC(=O)NCCOCCO)c2ccccc2)cc1. The molecule has 0 saturated carbocycles. The van der Waals surface area contributed by atoms with E-state index in [9.17, 15) is 4.79 Å². The molecule has 0 aromatic heterocycles. The molecule has 24 heavy (non-hydrogen) atoms. The molecule has 0 aliphatic rings. The van der Waals surface area contributed by atoms with Crippen molar-refractivity contribution in [3.63, 3.8) is 0 Å². The van der Waals surface area contributed by atoms with Crippen LogP contribution in [0.15, 0.2) is 54.6 Å². The summed E-state index contributed by atoms with van der Waals surface area (Å²) in [6.45, 7) is 3.21. The van der Waals surface area contributed by atoms with Gasteiger partial charge in [-0.25, -0.2) is 0 Å². The minimum Gasteiger partial charge on any atom is -0.394 e. The lowest BCUT2D eigenvalue weighted by molar-refractivity contribution is -0.121. The monoisotopic (exact) mass is 327 g/mol. The Morgan fingerprint density at radius 3 is 2.38 bits per heavy atom. The molecule has 2 aromatic carbocycles. The minimum atomic E-state index is -0.00275. The molecule has 2 N–H and O–H groups in total. The standard InChI is InChI=1S/C20H25NO3/c1-16-7-9-18(10-8-16)19(17-5-3-2-4-6-17)15-20(23)21-11-13-24-14-12-22/h2-10,19,22H,11-15H2,1H3,(H,21,23). The maximum absolute atomic E-state index is 12.3. The summed E-state index contributed by atoms with van der Waals surface area (Å²) in [6, 6.07) is 18.4. The summed E-state index contributed by atoms with van der Waals surface area (Å²) in [5.74, 6) is 0.0298. The Balaban J connectivity index is 2.01. The number of carbonyl (C=O) groups excluding carboxylic acids is 1. The van der Waals surface area contributed by atoms with Crippen LogP contribution < -0.4 is 5.32 Å². The molecule has 0 heterocycles. The fourth-order valence-corrected chi connectivity index (χ4v) is 2.60. The number of carbonyl (C=O) groups is 1. The molecule has 4 nitrogen and oxygen atoms in total. The van der Waals surface area contributed by atoms with Crippen molar-refractivity contribution in [1.29, 1.82) is 0 Å². The number of aryl methyl sites for hydroxylation is 1. The Bertz CT molecular complexity index is 611. The molecule has 0 aliphatic carbocycles. The quantitative estimate of drug-likeness (QED) is 0.696. The van der Waals surface area contributed by atoms with Gasteiger partial charge in [0.15, 0.2) is 0 Å². The lowest BCUT2D eigenvalue weighted by atomic mass is 9.88. The number of aliphatic hydroxyl groups is 1. The first-order valence-corrected chi connectivity index (χ1v) is 8.27. The van der Waals surface area contributed by atoms with Crippen molar-refractivity contribution in [3.05, 3.63) is 71.3 Å². The number of benzene rings is 2. The molecule has 0 spiro atoms. The number of ether oxygens (including phenoxy) is 1. The Labute approximate surface area is 143 Å². The van der Waals surface area contributed by atoms with Crippen LogP contribution in [-0.2, 0) is 9.53 Å². The van der Waals surface area contributed by atoms with Crippen LogP contribution in [0.1, 0.15) is 29.0 Å². The second-order valence-corrected chi connectivity index (χ2v) is 5.76. The summed E-state index contributed by atoms with van der Waals surface area (Å²) < 4.78 is 5.16. The van der Waals surface area contributed by atoms with Crippen LogP contribution in [0.25, 0.3) is 0 Å². The topological polar surface area (TPSA) is 58.6 Å². The van der Waals surface area contributed by atoms with Crippen LogP contribution >= 0.6 is 0 Å². The normalized spacial score (nSPS) is 11.9. The average molecular weight is 327 g/mol. The van der Waals surface area contributed by atoms with E-state index < -0.39 is 0 Å². The van der Waals surface area contributed by atoms with E-state index in [0.717, 1.165) is 11.1 Å². The number of rotatable bonds is 9. The van der Waals surface area contributed by atoms with Crippen molar-refractivity contribution in [2.24, 2.45) is 0 Å². The van der Waals surface area contributed by atoms with E-state index in [1.165, 1.54) is 5.56 Å². The highest BCUT2D eigenvalue weighted by Crippen LogP contribution is 2.28. The third kappa shape index (κ3) is 5.80. The second-order valence-electron chi connectivity index (χ2n) is 5.76. The van der Waals surface area contributed by atoms with Crippen molar-refractivity contribution < 1.29 is 14.6 Å². The maximum atomic E-state index is 12.3. The third-order valence-electron chi connectivity index (χ3n) is 3.88. The first-order chi connectivity index (χ1) is 11.7. The van der Waals surface area contributed by atoms with E-state index in [4.69, 9.17) is 9.84 Å². The van der Waals surface area contributed by atoms with Crippen LogP contribution in [0.5, 0.6) is 0 Å². The highest BCUT2D eigenvalue weighted by Gasteiger charge is 2.17. The average Bonchev–Trinajstić information content (AvgIpc) is 2.61. The van der Waals surface area contributed by atoms with Crippen LogP contribution in [0.4, 0.5) is 0 Å². The van der Waals surface area contributed by atoms with Gasteiger partial charge in [-0.1, -0.05) is 60.2 Å². The lowest BCUT2D eigenvalue weighted by Crippen LogP contribution is -2.29. The zero-order valence-corrected chi connectivity index (χ0v) is 14.1. The van der Waals surface area contributed by atoms with Gasteiger partial charge >= 0.3 is 0 Å². The molecule has 0 saturated heterocycles. The molecular weight excluding hydrogens is 302 g/mol. The Morgan fingerprint density at radius 2 is 1.71 bits per heavy atom. The van der Waals surface area contributed by atoms with Gasteiger partial charge in [0.25, 0.3) is 0 Å². The zero-order valence-electron chi connectivity index (χ0n) is 14.1. The molecule has 0 fully saturated rings. The molecule has 2 aromatic rings. The summed E-state index contributed by atoms with van der Waals surface area (Å²) in [4.78, 5) is 12.3. The van der Waals surface area contributed by atoms with Crippen molar-refractivity contribution >= 4 is 5.91 Å². The highest BCUT2D eigenvalue weighted by atomic mass is 16.5. The van der Waals surface area contributed by atoms with Crippen molar-refractivity contribution in [2.45, 2.75) is 19.3 Å². The van der Waals surface area contributed by atoms with Gasteiger partial charge < -0.3 is 15.2 Å². The molecule has 2 rings (SSSR count). The van der Waals surface area contributed by atoms with Crippen molar-refractivity contribution in [1.82, 2.24) is 5.32 Å². The molecule has 0 radical (unpaired) electrons. The van der Waals surface area contributed by atoms with Crippen molar-refractivity contribution in [2.75, 3.05) is 26.4 Å². The molecule has 1 unspecified atom stereocenters. The molecular formula is C20H25NO3. The summed E-state index contributed by atoms with van der Waals surface area (Å²) >= 11 is 0. The summed E-state index contributed by atoms with van der Waals surface area (Å²) in [6.07, 6.45) is 0.396. The Hall–Kier alpha value is -2.17. The van der Waals surface area contributed by atoms with Gasteiger partial charge in [0.1, 0.15) is 0 Å². The second kappa shape index (κ2) is 9.85. The fourth-order valence-electron chi connectivity index (χ4n) is 2.60. The van der Waals surface area contributed by atoms with Gasteiger partial charge in [-0.05, 0) is 18.1 Å². The van der Waals surface area contributed by atoms with Crippen molar-refractivity contribution in [3.8, 4) is 0 Å². The molecule has 0 bridgehead atoms. The predicted molar refractivity (Wildman–Crippen MR) is 95.0 cm³/mol.